The van der Waals surface area contributed by atoms with Gasteiger partial charge in [0.25, 0.3) is 5.65 Å². The van der Waals surface area contributed by atoms with Gasteiger partial charge in [0.2, 0.25) is 0 Å². The fraction of sp³-hybridized carbons (Fsp3) is 0.211. The summed E-state index contributed by atoms with van der Waals surface area (Å²) in [5.41, 5.74) is 6.55. The van der Waals surface area contributed by atoms with Gasteiger partial charge in [0.1, 0.15) is 17.9 Å². The van der Waals surface area contributed by atoms with Gasteiger partial charge >= 0.3 is 0 Å². The zero-order valence-electron chi connectivity index (χ0n) is 12.9. The summed E-state index contributed by atoms with van der Waals surface area (Å²) in [5, 5.41) is 4.04. The number of aryl methyl sites for hydroxylation is 4. The highest BCUT2D eigenvalue weighted by atomic mass is 15.1. The molecule has 4 aromatic rings. The molecule has 0 aliphatic heterocycles. The molecule has 0 saturated carbocycles. The molecule has 2 aromatic carbocycles. The Morgan fingerprint density at radius 2 is 1.76 bits per heavy atom. The highest BCUT2D eigenvalue weighted by molar-refractivity contribution is 6.13. The molecule has 104 valence electrons. The Kier molecular flexibility index (Phi) is 2.41. The number of pyridine rings is 1. The van der Waals surface area contributed by atoms with Crippen LogP contribution in [0.3, 0.4) is 0 Å². The summed E-state index contributed by atoms with van der Waals surface area (Å²) in [7, 11) is 2.12. The van der Waals surface area contributed by atoms with Crippen LogP contribution >= 0.6 is 0 Å². The number of fused-ring (bicyclic) bond motifs is 6. The molecule has 0 unspecified atom stereocenters. The lowest BCUT2D eigenvalue weighted by Crippen LogP contribution is -2.26. The lowest BCUT2D eigenvalue weighted by atomic mass is 9.98. The van der Waals surface area contributed by atoms with Crippen LogP contribution in [-0.4, -0.2) is 4.40 Å². The Labute approximate surface area is 124 Å². The highest BCUT2D eigenvalue weighted by Gasteiger charge is 2.19. The van der Waals surface area contributed by atoms with E-state index in [1.54, 1.807) is 0 Å². The van der Waals surface area contributed by atoms with Crippen LogP contribution in [0.25, 0.3) is 27.3 Å². The fourth-order valence-corrected chi connectivity index (χ4v) is 3.63. The van der Waals surface area contributed by atoms with E-state index in [2.05, 4.69) is 79.5 Å². The molecule has 0 N–H and O–H groups in total. The third kappa shape index (κ3) is 1.56. The molecule has 2 nitrogen and oxygen atoms in total. The van der Waals surface area contributed by atoms with Crippen LogP contribution in [-0.2, 0) is 7.05 Å². The smallest absolute Gasteiger partial charge is 0.232 e. The Morgan fingerprint density at radius 3 is 2.57 bits per heavy atom. The van der Waals surface area contributed by atoms with Crippen molar-refractivity contribution in [3.05, 3.63) is 59.4 Å². The minimum atomic E-state index is 1.27. The quantitative estimate of drug-likeness (QED) is 0.339. The first-order chi connectivity index (χ1) is 10.1. The molecule has 0 amide bonds. The van der Waals surface area contributed by atoms with E-state index in [0.29, 0.717) is 0 Å². The summed E-state index contributed by atoms with van der Waals surface area (Å²) in [6.45, 7) is 6.58. The van der Waals surface area contributed by atoms with Crippen molar-refractivity contribution in [2.45, 2.75) is 20.8 Å². The number of rotatable bonds is 0. The molecule has 2 aromatic heterocycles. The molecule has 2 heteroatoms. The van der Waals surface area contributed by atoms with Crippen LogP contribution in [0.2, 0.25) is 0 Å². The number of nitrogens with zero attached hydrogens (tertiary/aromatic N) is 2. The minimum absolute atomic E-state index is 1.27. The van der Waals surface area contributed by atoms with Crippen molar-refractivity contribution < 1.29 is 4.57 Å². The van der Waals surface area contributed by atoms with Crippen molar-refractivity contribution in [3.8, 4) is 0 Å². The molecule has 0 radical (unpaired) electrons. The first-order valence-corrected chi connectivity index (χ1v) is 7.37. The zero-order valence-corrected chi connectivity index (χ0v) is 12.9. The fourth-order valence-electron chi connectivity index (χ4n) is 3.63. The van der Waals surface area contributed by atoms with Crippen LogP contribution < -0.4 is 4.57 Å². The van der Waals surface area contributed by atoms with E-state index in [9.17, 15) is 0 Å². The van der Waals surface area contributed by atoms with E-state index < -0.39 is 0 Å². The lowest BCUT2D eigenvalue weighted by Gasteiger charge is -2.09. The summed E-state index contributed by atoms with van der Waals surface area (Å²) in [4.78, 5) is 0. The van der Waals surface area contributed by atoms with Gasteiger partial charge in [0.05, 0.1) is 12.4 Å². The van der Waals surface area contributed by atoms with Crippen molar-refractivity contribution in [1.82, 2.24) is 4.40 Å². The molecule has 0 aliphatic carbocycles. The van der Waals surface area contributed by atoms with Crippen LogP contribution in [0, 0.1) is 20.8 Å². The second-order valence-corrected chi connectivity index (χ2v) is 6.08. The van der Waals surface area contributed by atoms with Crippen molar-refractivity contribution >= 4 is 27.3 Å². The first kappa shape index (κ1) is 12.4. The average Bonchev–Trinajstić information content (AvgIpc) is 2.80. The minimum Gasteiger partial charge on any atom is -0.232 e. The Morgan fingerprint density at radius 1 is 0.952 bits per heavy atom. The van der Waals surface area contributed by atoms with Gasteiger partial charge in [-0.25, -0.2) is 4.57 Å². The molecule has 0 aliphatic rings. The lowest BCUT2D eigenvalue weighted by molar-refractivity contribution is -0.643. The van der Waals surface area contributed by atoms with Crippen LogP contribution in [0.5, 0.6) is 0 Å². The maximum Gasteiger partial charge on any atom is 0.294 e. The molecular weight excluding hydrogens is 256 g/mol. The van der Waals surface area contributed by atoms with Gasteiger partial charge in [-0.05, 0) is 43.5 Å². The van der Waals surface area contributed by atoms with Crippen molar-refractivity contribution in [2.24, 2.45) is 7.05 Å². The largest absolute Gasteiger partial charge is 0.294 e. The van der Waals surface area contributed by atoms with Gasteiger partial charge in [-0.1, -0.05) is 24.3 Å². The van der Waals surface area contributed by atoms with Gasteiger partial charge in [0, 0.05) is 10.8 Å². The van der Waals surface area contributed by atoms with Crippen molar-refractivity contribution in [2.75, 3.05) is 0 Å². The van der Waals surface area contributed by atoms with Gasteiger partial charge in [-0.15, -0.1) is 0 Å². The van der Waals surface area contributed by atoms with Crippen molar-refractivity contribution in [1.29, 1.82) is 0 Å². The molecule has 0 atom stereocenters. The van der Waals surface area contributed by atoms with E-state index >= 15 is 0 Å². The topological polar surface area (TPSA) is 8.29 Å². The molecule has 21 heavy (non-hydrogen) atoms. The highest BCUT2D eigenvalue weighted by Crippen LogP contribution is 2.32. The Bertz CT molecular complexity index is 1020. The van der Waals surface area contributed by atoms with Gasteiger partial charge in [-0.2, -0.15) is 4.40 Å². The number of aromatic nitrogens is 2. The van der Waals surface area contributed by atoms with E-state index in [1.807, 2.05) is 0 Å². The first-order valence-electron chi connectivity index (χ1n) is 7.37. The zero-order chi connectivity index (χ0) is 14.7. The maximum atomic E-state index is 2.33. The number of benzene rings is 2. The van der Waals surface area contributed by atoms with E-state index in [-0.39, 0.29) is 0 Å². The van der Waals surface area contributed by atoms with Crippen LogP contribution in [0.15, 0.2) is 42.7 Å². The predicted molar refractivity (Wildman–Crippen MR) is 87.8 cm³/mol. The summed E-state index contributed by atoms with van der Waals surface area (Å²) >= 11 is 0. The molecule has 2 heterocycles. The Hall–Kier alpha value is -2.35. The third-order valence-corrected chi connectivity index (χ3v) is 4.47. The van der Waals surface area contributed by atoms with Crippen LogP contribution in [0.4, 0.5) is 0 Å². The standard InChI is InChI=1S/C19H19N2/c1-12-10-14(3)18-16(11-12)15-7-5-6-13(2)17(15)19-20(4)8-9-21(18)19/h5-11H,1-4H3/q+1. The normalized spacial score (nSPS) is 11.8. The number of imidazole rings is 1. The summed E-state index contributed by atoms with van der Waals surface area (Å²) in [6.07, 6.45) is 4.31. The summed E-state index contributed by atoms with van der Waals surface area (Å²) in [6, 6.07) is 11.2. The van der Waals surface area contributed by atoms with E-state index in [0.717, 1.165) is 0 Å². The summed E-state index contributed by atoms with van der Waals surface area (Å²) < 4.78 is 4.55. The monoisotopic (exact) mass is 275 g/mol. The van der Waals surface area contributed by atoms with Gasteiger partial charge in [0.15, 0.2) is 0 Å². The van der Waals surface area contributed by atoms with E-state index in [4.69, 9.17) is 0 Å². The average molecular weight is 275 g/mol. The number of hydrogen-bond donors (Lipinski definition) is 0. The second-order valence-electron chi connectivity index (χ2n) is 6.08. The molecule has 0 saturated heterocycles. The predicted octanol–water partition coefficient (Wildman–Crippen LogP) is 4.00. The molecule has 0 fully saturated rings. The summed E-state index contributed by atoms with van der Waals surface area (Å²) in [5.74, 6) is 0. The molecular formula is C19H19N2+. The van der Waals surface area contributed by atoms with Crippen molar-refractivity contribution in [3.63, 3.8) is 0 Å². The van der Waals surface area contributed by atoms with Gasteiger partial charge in [-0.3, -0.25) is 0 Å². The SMILES string of the molecule is Cc1cc(C)c2c(c1)c1cccc(C)c1c1n2cc[n+]1C. The van der Waals surface area contributed by atoms with Crippen LogP contribution in [0.1, 0.15) is 16.7 Å². The van der Waals surface area contributed by atoms with Gasteiger partial charge < -0.3 is 0 Å². The number of hydrogen-bond acceptors (Lipinski definition) is 0. The Balaban J connectivity index is 2.48. The molecule has 0 bridgehead atoms. The second kappa shape index (κ2) is 4.08. The maximum absolute atomic E-state index is 2.33. The molecule has 4 rings (SSSR count). The molecule has 0 spiro atoms. The van der Waals surface area contributed by atoms with E-state index in [1.165, 1.54) is 44.0 Å². The third-order valence-electron chi connectivity index (χ3n) is 4.47.